The van der Waals surface area contributed by atoms with Crippen LogP contribution < -0.4 is 10.1 Å². The van der Waals surface area contributed by atoms with Gasteiger partial charge in [-0.1, -0.05) is 12.1 Å². The number of hydrogen-bond acceptors (Lipinski definition) is 3. The highest BCUT2D eigenvalue weighted by molar-refractivity contribution is 7.84. The fraction of sp³-hybridized carbons (Fsp3) is 0.571. The smallest absolute Gasteiger partial charge is 0.122 e. The lowest BCUT2D eigenvalue weighted by Crippen LogP contribution is -2.32. The molecule has 3 nitrogen and oxygen atoms in total. The number of benzene rings is 1. The van der Waals surface area contributed by atoms with Crippen LogP contribution >= 0.6 is 0 Å². The van der Waals surface area contributed by atoms with Gasteiger partial charge in [0.1, 0.15) is 5.75 Å². The Bertz CT molecular complexity index is 434. The normalized spacial score (nSPS) is 17.0. The molecule has 0 fully saturated rings. The summed E-state index contributed by atoms with van der Waals surface area (Å²) in [4.78, 5) is 0. The van der Waals surface area contributed by atoms with Gasteiger partial charge in [-0.05, 0) is 37.1 Å². The second-order valence-corrected chi connectivity index (χ2v) is 6.37. The van der Waals surface area contributed by atoms with Crippen molar-refractivity contribution in [2.45, 2.75) is 25.8 Å². The molecule has 0 amide bonds. The van der Waals surface area contributed by atoms with E-state index in [1.165, 1.54) is 11.1 Å². The van der Waals surface area contributed by atoms with E-state index in [1.54, 1.807) is 6.26 Å². The second-order valence-electron chi connectivity index (χ2n) is 4.89. The van der Waals surface area contributed by atoms with E-state index in [0.29, 0.717) is 6.04 Å². The zero-order valence-electron chi connectivity index (χ0n) is 11.1. The Balaban J connectivity index is 1.78. The molecule has 0 aromatic heterocycles. The molecule has 2 atom stereocenters. The first kappa shape index (κ1) is 13.6. The molecule has 18 heavy (non-hydrogen) atoms. The summed E-state index contributed by atoms with van der Waals surface area (Å²) in [5.41, 5.74) is 2.67. The first-order valence-corrected chi connectivity index (χ1v) is 8.16. The van der Waals surface area contributed by atoms with Gasteiger partial charge in [-0.2, -0.15) is 0 Å². The molecule has 1 heterocycles. The maximum atomic E-state index is 11.1. The standard InChI is InChI=1S/C14H21NO2S/c1-11(10-18(2)16)15-7-5-12-3-4-14-13(9-12)6-8-17-14/h3-4,9,11,15H,5-8,10H2,1-2H3. The van der Waals surface area contributed by atoms with Crippen LogP contribution in [0.1, 0.15) is 18.1 Å². The monoisotopic (exact) mass is 267 g/mol. The van der Waals surface area contributed by atoms with Gasteiger partial charge in [0, 0.05) is 35.3 Å². The maximum absolute atomic E-state index is 11.1. The van der Waals surface area contributed by atoms with E-state index in [4.69, 9.17) is 4.74 Å². The van der Waals surface area contributed by atoms with Crippen LogP contribution in [0.15, 0.2) is 18.2 Å². The molecular weight excluding hydrogens is 246 g/mol. The van der Waals surface area contributed by atoms with Gasteiger partial charge in [0.25, 0.3) is 0 Å². The molecule has 0 spiro atoms. The summed E-state index contributed by atoms with van der Waals surface area (Å²) in [6, 6.07) is 6.76. The number of fused-ring (bicyclic) bond motifs is 1. The molecule has 1 aliphatic rings. The number of nitrogens with one attached hydrogen (secondary N) is 1. The van der Waals surface area contributed by atoms with E-state index < -0.39 is 10.8 Å². The van der Waals surface area contributed by atoms with Crippen LogP contribution in [0.3, 0.4) is 0 Å². The molecule has 0 saturated heterocycles. The first-order chi connectivity index (χ1) is 8.65. The zero-order chi connectivity index (χ0) is 13.0. The third-order valence-electron chi connectivity index (χ3n) is 3.15. The Kier molecular flexibility index (Phi) is 4.78. The predicted molar refractivity (Wildman–Crippen MR) is 75.7 cm³/mol. The largest absolute Gasteiger partial charge is 0.493 e. The molecule has 4 heteroatoms. The van der Waals surface area contributed by atoms with E-state index in [0.717, 1.165) is 37.5 Å². The lowest BCUT2D eigenvalue weighted by atomic mass is 10.1. The molecule has 1 aromatic rings. The Morgan fingerprint density at radius 2 is 2.33 bits per heavy atom. The Morgan fingerprint density at radius 1 is 1.50 bits per heavy atom. The van der Waals surface area contributed by atoms with Crippen molar-refractivity contribution in [1.29, 1.82) is 0 Å². The average Bonchev–Trinajstić information content (AvgIpc) is 2.75. The minimum Gasteiger partial charge on any atom is -0.493 e. The molecular formula is C14H21NO2S. The summed E-state index contributed by atoms with van der Waals surface area (Å²) in [6.07, 6.45) is 3.79. The van der Waals surface area contributed by atoms with Crippen molar-refractivity contribution < 1.29 is 8.95 Å². The van der Waals surface area contributed by atoms with Gasteiger partial charge in [-0.25, -0.2) is 0 Å². The summed E-state index contributed by atoms with van der Waals surface area (Å²) < 4.78 is 16.6. The van der Waals surface area contributed by atoms with Crippen molar-refractivity contribution in [1.82, 2.24) is 5.32 Å². The van der Waals surface area contributed by atoms with E-state index in [2.05, 4.69) is 30.4 Å². The van der Waals surface area contributed by atoms with E-state index >= 15 is 0 Å². The molecule has 0 saturated carbocycles. The number of rotatable bonds is 6. The van der Waals surface area contributed by atoms with Gasteiger partial charge in [0.2, 0.25) is 0 Å². The van der Waals surface area contributed by atoms with Crippen LogP contribution in [0, 0.1) is 0 Å². The molecule has 0 radical (unpaired) electrons. The average molecular weight is 267 g/mol. The van der Waals surface area contributed by atoms with Gasteiger partial charge in [0.05, 0.1) is 6.61 Å². The molecule has 100 valence electrons. The van der Waals surface area contributed by atoms with Gasteiger partial charge in [-0.3, -0.25) is 4.21 Å². The van der Waals surface area contributed by atoms with Crippen molar-refractivity contribution in [3.8, 4) is 5.75 Å². The summed E-state index contributed by atoms with van der Waals surface area (Å²) in [5, 5.41) is 3.41. The van der Waals surface area contributed by atoms with Crippen LogP contribution in [-0.2, 0) is 23.6 Å². The second kappa shape index (κ2) is 6.34. The third-order valence-corrected chi connectivity index (χ3v) is 4.11. The van der Waals surface area contributed by atoms with Crippen molar-refractivity contribution in [3.05, 3.63) is 29.3 Å². The fourth-order valence-electron chi connectivity index (χ4n) is 2.27. The lowest BCUT2D eigenvalue weighted by Gasteiger charge is -2.12. The topological polar surface area (TPSA) is 38.3 Å². The van der Waals surface area contributed by atoms with Crippen molar-refractivity contribution >= 4 is 10.8 Å². The van der Waals surface area contributed by atoms with E-state index in [1.807, 2.05) is 0 Å². The van der Waals surface area contributed by atoms with Crippen LogP contribution in [0.25, 0.3) is 0 Å². The Hall–Kier alpha value is -0.870. The molecule has 1 aromatic carbocycles. The first-order valence-electron chi connectivity index (χ1n) is 6.43. The van der Waals surface area contributed by atoms with Crippen LogP contribution in [0.5, 0.6) is 5.75 Å². The molecule has 1 aliphatic heterocycles. The van der Waals surface area contributed by atoms with E-state index in [9.17, 15) is 4.21 Å². The Morgan fingerprint density at radius 3 is 3.11 bits per heavy atom. The van der Waals surface area contributed by atoms with Crippen LogP contribution in [0.4, 0.5) is 0 Å². The van der Waals surface area contributed by atoms with Crippen LogP contribution in [-0.4, -0.2) is 35.4 Å². The van der Waals surface area contributed by atoms with Crippen molar-refractivity contribution in [3.63, 3.8) is 0 Å². The molecule has 2 unspecified atom stereocenters. The predicted octanol–water partition coefficient (Wildman–Crippen LogP) is 1.52. The van der Waals surface area contributed by atoms with E-state index in [-0.39, 0.29) is 0 Å². The Labute approximate surface area is 111 Å². The summed E-state index contributed by atoms with van der Waals surface area (Å²) in [6.45, 7) is 3.83. The number of ether oxygens (including phenoxy) is 1. The van der Waals surface area contributed by atoms with Crippen molar-refractivity contribution in [2.24, 2.45) is 0 Å². The highest BCUT2D eigenvalue weighted by atomic mass is 32.2. The minimum absolute atomic E-state index is 0.314. The van der Waals surface area contributed by atoms with Gasteiger partial charge in [-0.15, -0.1) is 0 Å². The van der Waals surface area contributed by atoms with Gasteiger partial charge >= 0.3 is 0 Å². The number of hydrogen-bond donors (Lipinski definition) is 1. The maximum Gasteiger partial charge on any atom is 0.122 e. The molecule has 0 bridgehead atoms. The molecule has 0 aliphatic carbocycles. The highest BCUT2D eigenvalue weighted by Gasteiger charge is 2.11. The molecule has 1 N–H and O–H groups in total. The SMILES string of the molecule is CC(CS(C)=O)NCCc1ccc2c(c1)CCO2. The minimum atomic E-state index is -0.723. The summed E-state index contributed by atoms with van der Waals surface area (Å²) in [7, 11) is -0.723. The summed E-state index contributed by atoms with van der Waals surface area (Å²) in [5.74, 6) is 1.76. The summed E-state index contributed by atoms with van der Waals surface area (Å²) >= 11 is 0. The zero-order valence-corrected chi connectivity index (χ0v) is 11.9. The van der Waals surface area contributed by atoms with Gasteiger partial charge < -0.3 is 10.1 Å². The molecule has 2 rings (SSSR count). The highest BCUT2D eigenvalue weighted by Crippen LogP contribution is 2.25. The van der Waals surface area contributed by atoms with Crippen molar-refractivity contribution in [2.75, 3.05) is 25.2 Å². The quantitative estimate of drug-likeness (QED) is 0.849. The lowest BCUT2D eigenvalue weighted by molar-refractivity contribution is 0.357. The third kappa shape index (κ3) is 3.82. The fourth-order valence-corrected chi connectivity index (χ4v) is 3.09. The van der Waals surface area contributed by atoms with Crippen LogP contribution in [0.2, 0.25) is 0 Å². The van der Waals surface area contributed by atoms with Gasteiger partial charge in [0.15, 0.2) is 0 Å².